The van der Waals surface area contributed by atoms with Crippen LogP contribution in [0.3, 0.4) is 0 Å². The van der Waals surface area contributed by atoms with E-state index in [9.17, 15) is 13.2 Å². The van der Waals surface area contributed by atoms with Gasteiger partial charge in [-0.25, -0.2) is 8.42 Å². The molecule has 0 bridgehead atoms. The monoisotopic (exact) mass is 341 g/mol. The summed E-state index contributed by atoms with van der Waals surface area (Å²) in [5.74, 6) is -0.0943. The first-order chi connectivity index (χ1) is 10.9. The summed E-state index contributed by atoms with van der Waals surface area (Å²) in [4.78, 5) is 11.2. The minimum atomic E-state index is -3.55. The van der Waals surface area contributed by atoms with Crippen molar-refractivity contribution in [2.75, 3.05) is 20.2 Å². The molecule has 1 aromatic carbocycles. The van der Waals surface area contributed by atoms with Crippen LogP contribution in [0.5, 0.6) is 5.75 Å². The third kappa shape index (κ3) is 4.03. The zero-order valence-corrected chi connectivity index (χ0v) is 14.3. The topological polar surface area (TPSA) is 83.9 Å². The molecule has 0 aliphatic carbocycles. The molecule has 0 radical (unpaired) electrons. The molecule has 1 heterocycles. The molecule has 2 atom stereocenters. The van der Waals surface area contributed by atoms with Gasteiger partial charge in [-0.05, 0) is 42.5 Å². The van der Waals surface area contributed by atoms with Gasteiger partial charge in [0.2, 0.25) is 10.0 Å². The number of aliphatic carboxylic acids is 1. The highest BCUT2D eigenvalue weighted by atomic mass is 32.2. The molecule has 0 unspecified atom stereocenters. The molecule has 2 rings (SSSR count). The van der Waals surface area contributed by atoms with Crippen LogP contribution in [-0.4, -0.2) is 44.0 Å². The molecular weight excluding hydrogens is 318 g/mol. The Kier molecular flexibility index (Phi) is 5.64. The average molecular weight is 341 g/mol. The Balaban J connectivity index is 2.15. The summed E-state index contributed by atoms with van der Waals surface area (Å²) in [5, 5.41) is 8.99. The van der Waals surface area contributed by atoms with Crippen LogP contribution < -0.4 is 4.74 Å². The summed E-state index contributed by atoms with van der Waals surface area (Å²) in [7, 11) is -2.02. The maximum absolute atomic E-state index is 12.7. The van der Waals surface area contributed by atoms with E-state index in [0.717, 1.165) is 6.42 Å². The van der Waals surface area contributed by atoms with Gasteiger partial charge in [-0.3, -0.25) is 4.79 Å². The molecule has 1 saturated heterocycles. The quantitative estimate of drug-likeness (QED) is 0.857. The number of rotatable bonds is 6. The van der Waals surface area contributed by atoms with Gasteiger partial charge >= 0.3 is 5.97 Å². The summed E-state index contributed by atoms with van der Waals surface area (Å²) in [5.41, 5.74) is 0. The van der Waals surface area contributed by atoms with Crippen molar-refractivity contribution in [2.24, 2.45) is 11.8 Å². The van der Waals surface area contributed by atoms with Crippen LogP contribution in [-0.2, 0) is 14.8 Å². The molecule has 23 heavy (non-hydrogen) atoms. The smallest absolute Gasteiger partial charge is 0.303 e. The lowest BCUT2D eigenvalue weighted by molar-refractivity contribution is -0.138. The van der Waals surface area contributed by atoms with Gasteiger partial charge in [-0.15, -0.1) is 0 Å². The van der Waals surface area contributed by atoms with Gasteiger partial charge in [-0.1, -0.05) is 13.3 Å². The van der Waals surface area contributed by atoms with E-state index in [2.05, 4.69) is 0 Å². The van der Waals surface area contributed by atoms with Crippen LogP contribution in [0.25, 0.3) is 0 Å². The van der Waals surface area contributed by atoms with Crippen molar-refractivity contribution >= 4 is 16.0 Å². The number of methoxy groups -OCH3 is 1. The van der Waals surface area contributed by atoms with E-state index >= 15 is 0 Å². The number of hydrogen-bond donors (Lipinski definition) is 1. The van der Waals surface area contributed by atoms with Crippen molar-refractivity contribution in [1.82, 2.24) is 4.31 Å². The van der Waals surface area contributed by atoms with Gasteiger partial charge < -0.3 is 9.84 Å². The van der Waals surface area contributed by atoms with Gasteiger partial charge in [0.25, 0.3) is 0 Å². The Morgan fingerprint density at radius 3 is 2.48 bits per heavy atom. The molecule has 0 amide bonds. The average Bonchev–Trinajstić information content (AvgIpc) is 2.54. The molecule has 1 aliphatic rings. The first-order valence-corrected chi connectivity index (χ1v) is 9.18. The first-order valence-electron chi connectivity index (χ1n) is 7.74. The van der Waals surface area contributed by atoms with Crippen molar-refractivity contribution in [2.45, 2.75) is 31.1 Å². The van der Waals surface area contributed by atoms with Gasteiger partial charge in [-0.2, -0.15) is 4.31 Å². The Hall–Kier alpha value is -1.60. The van der Waals surface area contributed by atoms with Crippen LogP contribution >= 0.6 is 0 Å². The van der Waals surface area contributed by atoms with E-state index in [-0.39, 0.29) is 23.2 Å². The van der Waals surface area contributed by atoms with E-state index in [4.69, 9.17) is 9.84 Å². The molecule has 7 heteroatoms. The van der Waals surface area contributed by atoms with Crippen LogP contribution in [0.4, 0.5) is 0 Å². The van der Waals surface area contributed by atoms with E-state index in [1.807, 2.05) is 6.92 Å². The van der Waals surface area contributed by atoms with Crippen molar-refractivity contribution < 1.29 is 23.1 Å². The van der Waals surface area contributed by atoms with Crippen molar-refractivity contribution in [3.05, 3.63) is 24.3 Å². The maximum Gasteiger partial charge on any atom is 0.303 e. The molecule has 0 aromatic heterocycles. The standard InChI is InChI=1S/C16H23NO5S/c1-3-12-11-17(9-8-13(12)10-16(18)19)23(20,21)15-6-4-14(22-2)5-7-15/h4-7,12-13H,3,8-11H2,1-2H3,(H,18,19)/t12-,13+/m1/s1. The molecule has 0 spiro atoms. The molecule has 1 aromatic rings. The van der Waals surface area contributed by atoms with E-state index in [1.165, 1.54) is 11.4 Å². The third-order valence-electron chi connectivity index (χ3n) is 4.51. The number of piperidine rings is 1. The second kappa shape index (κ2) is 7.31. The van der Waals surface area contributed by atoms with E-state index in [0.29, 0.717) is 25.3 Å². The first kappa shape index (κ1) is 17.7. The number of ether oxygens (including phenoxy) is 1. The Bertz CT molecular complexity index is 641. The minimum absolute atomic E-state index is 0.0415. The minimum Gasteiger partial charge on any atom is -0.497 e. The number of benzene rings is 1. The molecule has 1 N–H and O–H groups in total. The number of carboxylic acid groups (broad SMARTS) is 1. The highest BCUT2D eigenvalue weighted by Gasteiger charge is 2.35. The van der Waals surface area contributed by atoms with Crippen LogP contribution in [0, 0.1) is 11.8 Å². The van der Waals surface area contributed by atoms with E-state index in [1.54, 1.807) is 24.3 Å². The summed E-state index contributed by atoms with van der Waals surface area (Å²) >= 11 is 0. The van der Waals surface area contributed by atoms with E-state index < -0.39 is 16.0 Å². The number of hydrogen-bond acceptors (Lipinski definition) is 4. The number of nitrogens with zero attached hydrogens (tertiary/aromatic N) is 1. The molecule has 1 aliphatic heterocycles. The fraction of sp³-hybridized carbons (Fsp3) is 0.562. The molecule has 1 fully saturated rings. The van der Waals surface area contributed by atoms with Gasteiger partial charge in [0.1, 0.15) is 5.75 Å². The van der Waals surface area contributed by atoms with Crippen molar-refractivity contribution in [3.63, 3.8) is 0 Å². The normalized spacial score (nSPS) is 22.7. The fourth-order valence-electron chi connectivity index (χ4n) is 3.12. The number of sulfonamides is 1. The molecule has 6 nitrogen and oxygen atoms in total. The van der Waals surface area contributed by atoms with Crippen LogP contribution in [0.15, 0.2) is 29.2 Å². The third-order valence-corrected chi connectivity index (χ3v) is 6.39. The highest BCUT2D eigenvalue weighted by Crippen LogP contribution is 2.32. The lowest BCUT2D eigenvalue weighted by Gasteiger charge is -2.37. The maximum atomic E-state index is 12.7. The molecule has 0 saturated carbocycles. The Morgan fingerprint density at radius 2 is 1.96 bits per heavy atom. The highest BCUT2D eigenvalue weighted by molar-refractivity contribution is 7.89. The van der Waals surface area contributed by atoms with Gasteiger partial charge in [0.05, 0.1) is 12.0 Å². The largest absolute Gasteiger partial charge is 0.497 e. The zero-order valence-electron chi connectivity index (χ0n) is 13.4. The number of carboxylic acids is 1. The van der Waals surface area contributed by atoms with Crippen LogP contribution in [0.1, 0.15) is 26.2 Å². The SMILES string of the molecule is CC[C@@H]1CN(S(=O)(=O)c2ccc(OC)cc2)CC[C@H]1CC(=O)O. The predicted octanol–water partition coefficient (Wildman–Crippen LogP) is 2.21. The second-order valence-electron chi connectivity index (χ2n) is 5.85. The fourth-order valence-corrected chi connectivity index (χ4v) is 4.63. The van der Waals surface area contributed by atoms with Crippen LogP contribution in [0.2, 0.25) is 0 Å². The lowest BCUT2D eigenvalue weighted by atomic mass is 9.82. The Morgan fingerprint density at radius 1 is 1.30 bits per heavy atom. The Labute approximate surface area is 137 Å². The molecule has 128 valence electrons. The second-order valence-corrected chi connectivity index (χ2v) is 7.79. The summed E-state index contributed by atoms with van der Waals surface area (Å²) in [6.45, 7) is 2.72. The summed E-state index contributed by atoms with van der Waals surface area (Å²) in [6.07, 6.45) is 1.46. The zero-order chi connectivity index (χ0) is 17.0. The molecular formula is C16H23NO5S. The van der Waals surface area contributed by atoms with Gasteiger partial charge in [0.15, 0.2) is 0 Å². The summed E-state index contributed by atoms with van der Waals surface area (Å²) < 4.78 is 32.0. The summed E-state index contributed by atoms with van der Waals surface area (Å²) in [6, 6.07) is 6.33. The number of carbonyl (C=O) groups is 1. The van der Waals surface area contributed by atoms with Crippen molar-refractivity contribution in [1.29, 1.82) is 0 Å². The van der Waals surface area contributed by atoms with Crippen molar-refractivity contribution in [3.8, 4) is 5.75 Å². The predicted molar refractivity (Wildman–Crippen MR) is 85.9 cm³/mol. The lowest BCUT2D eigenvalue weighted by Crippen LogP contribution is -2.44. The van der Waals surface area contributed by atoms with Gasteiger partial charge in [0, 0.05) is 19.5 Å².